The van der Waals surface area contributed by atoms with E-state index < -0.39 is 0 Å². The van der Waals surface area contributed by atoms with Crippen LogP contribution in [0.15, 0.2) is 0 Å². The minimum absolute atomic E-state index is 0. The largest absolute Gasteiger partial charge is 0.147 e. The maximum atomic E-state index is 2.32. The van der Waals surface area contributed by atoms with Crippen molar-refractivity contribution < 1.29 is 20.4 Å². The molecule has 0 aromatic heterocycles. The quantitative estimate of drug-likeness (QED) is 0.682. The maximum Gasteiger partial charge on any atom is -0.147 e. The minimum Gasteiger partial charge on any atom is -0.147 e. The summed E-state index contributed by atoms with van der Waals surface area (Å²) in [4.78, 5) is 0. The van der Waals surface area contributed by atoms with Gasteiger partial charge in [0.1, 0.15) is 0 Å². The molecule has 0 radical (unpaired) electrons. The van der Waals surface area contributed by atoms with Crippen LogP contribution in [-0.4, -0.2) is 15.2 Å². The molecule has 0 rings (SSSR count). The molecular weight excluding hydrogens is 265 g/mol. The average Bonchev–Trinajstić information content (AvgIpc) is 1.35. The summed E-state index contributed by atoms with van der Waals surface area (Å²) in [7, 11) is 0. The Hall–Kier alpha value is 2.41. The van der Waals surface area contributed by atoms with E-state index in [0.717, 1.165) is 3.08 Å². The molecule has 0 heterocycles. The van der Waals surface area contributed by atoms with Crippen molar-refractivity contribution in [3.63, 3.8) is 0 Å². The average molecular weight is 279 g/mol. The van der Waals surface area contributed by atoms with Crippen LogP contribution in [0.2, 0.25) is 8.37 Å². The van der Waals surface area contributed by atoms with Crippen molar-refractivity contribution in [2.45, 2.75) is 22.2 Å². The fraction of sp³-hybridized carbons (Fsp3) is 1.00. The number of hydrogen-bond donors (Lipinski definition) is 0. The van der Waals surface area contributed by atoms with Crippen molar-refractivity contribution in [3.8, 4) is 0 Å². The van der Waals surface area contributed by atoms with Crippen molar-refractivity contribution in [1.29, 1.82) is 0 Å². The van der Waals surface area contributed by atoms with E-state index in [2.05, 4.69) is 34.3 Å². The molecule has 65 valence electrons. The van der Waals surface area contributed by atoms with Crippen LogP contribution < -0.4 is 0 Å². The molecule has 0 saturated carbocycles. The Morgan fingerprint density at radius 2 is 1.50 bits per heavy atom. The van der Waals surface area contributed by atoms with Gasteiger partial charge in [0, 0.05) is 0 Å². The summed E-state index contributed by atoms with van der Waals surface area (Å²) in [5.41, 5.74) is 0. The first kappa shape index (κ1) is 29.4. The molecule has 0 nitrogen and oxygen atoms in total. The SMILES string of the molecule is C[CH2][AlH][CH](C)[Ti].Cl.Cl.Cl.Cl. The smallest absolute Gasteiger partial charge is 0.147 e. The Morgan fingerprint density at radius 1 is 1.20 bits per heavy atom. The summed E-state index contributed by atoms with van der Waals surface area (Å²) in [5.74, 6) is 0. The van der Waals surface area contributed by atoms with E-state index in [4.69, 9.17) is 0 Å². The minimum atomic E-state index is 0. The Bertz CT molecular complexity index is 38.4. The van der Waals surface area contributed by atoms with E-state index >= 15 is 0 Å². The van der Waals surface area contributed by atoms with Gasteiger partial charge in [0.15, 0.2) is 0 Å². The first-order valence-electron chi connectivity index (χ1n) is 2.48. The summed E-state index contributed by atoms with van der Waals surface area (Å²) in [6.45, 7) is 4.60. The molecule has 6 heteroatoms. The Morgan fingerprint density at radius 3 is 1.50 bits per heavy atom. The van der Waals surface area contributed by atoms with Crippen LogP contribution in [-0.2, 0) is 20.4 Å². The fourth-order valence-electron chi connectivity index (χ4n) is 0.433. The van der Waals surface area contributed by atoms with Gasteiger partial charge in [-0.3, -0.25) is 0 Å². The molecular formula is C4H14AlCl4Ti. The van der Waals surface area contributed by atoms with Crippen LogP contribution >= 0.6 is 49.6 Å². The van der Waals surface area contributed by atoms with Crippen molar-refractivity contribution >= 4 is 64.8 Å². The zero-order valence-corrected chi connectivity index (χ0v) is 12.4. The van der Waals surface area contributed by atoms with Crippen LogP contribution in [0.3, 0.4) is 0 Å². The second kappa shape index (κ2) is 22.5. The summed E-state index contributed by atoms with van der Waals surface area (Å²) >= 11 is 2.67. The van der Waals surface area contributed by atoms with E-state index in [1.165, 1.54) is 5.28 Å². The zero-order chi connectivity index (χ0) is 4.99. The van der Waals surface area contributed by atoms with Crippen molar-refractivity contribution in [1.82, 2.24) is 0 Å². The molecule has 0 aliphatic heterocycles. The van der Waals surface area contributed by atoms with Gasteiger partial charge in [-0.25, -0.2) is 0 Å². The van der Waals surface area contributed by atoms with Gasteiger partial charge in [-0.15, -0.1) is 49.6 Å². The fourth-order valence-corrected chi connectivity index (χ4v) is 2.65. The molecule has 0 saturated heterocycles. The van der Waals surface area contributed by atoms with E-state index in [-0.39, 0.29) is 49.6 Å². The standard InChI is InChI=1S/C2H5.C2H4.Al.4ClH.Ti.H/c2*1-2;;;;;;;/h1H2,2H3;1H,2H3;;4*1H;;. The van der Waals surface area contributed by atoms with Crippen LogP contribution in [0.5, 0.6) is 0 Å². The van der Waals surface area contributed by atoms with Gasteiger partial charge in [-0.2, -0.15) is 0 Å². The first-order chi connectivity index (χ1) is 2.77. The molecule has 0 bridgehead atoms. The third-order valence-electron chi connectivity index (χ3n) is 0.722. The van der Waals surface area contributed by atoms with Crippen molar-refractivity contribution in [2.24, 2.45) is 0 Å². The second-order valence-corrected chi connectivity index (χ2v) is 7.31. The molecule has 0 aliphatic carbocycles. The maximum absolute atomic E-state index is 2.32. The van der Waals surface area contributed by atoms with Crippen molar-refractivity contribution in [2.75, 3.05) is 0 Å². The second-order valence-electron chi connectivity index (χ2n) is 1.69. The van der Waals surface area contributed by atoms with Crippen LogP contribution in [0.1, 0.15) is 13.8 Å². The topological polar surface area (TPSA) is 0 Å². The summed E-state index contributed by atoms with van der Waals surface area (Å²) < 4.78 is 1.04. The molecule has 0 amide bonds. The molecule has 0 N–H and O–H groups in total. The summed E-state index contributed by atoms with van der Waals surface area (Å²) in [6.07, 6.45) is 0. The predicted molar refractivity (Wildman–Crippen MR) is 56.0 cm³/mol. The van der Waals surface area contributed by atoms with Gasteiger partial charge in [0.25, 0.3) is 0 Å². The van der Waals surface area contributed by atoms with Crippen LogP contribution in [0.4, 0.5) is 0 Å². The van der Waals surface area contributed by atoms with E-state index in [1.807, 2.05) is 0 Å². The monoisotopic (exact) mass is 277 g/mol. The van der Waals surface area contributed by atoms with E-state index in [1.54, 1.807) is 0 Å². The Balaban J connectivity index is -0.0000000208. The molecule has 0 aromatic carbocycles. The number of halogens is 4. The third-order valence-corrected chi connectivity index (χ3v) is 3.52. The van der Waals surface area contributed by atoms with Crippen molar-refractivity contribution in [3.05, 3.63) is 0 Å². The van der Waals surface area contributed by atoms with Gasteiger partial charge >= 0.3 is 57.9 Å². The molecule has 0 spiro atoms. The molecule has 0 fully saturated rings. The zero-order valence-electron chi connectivity index (χ0n) is 6.12. The van der Waals surface area contributed by atoms with E-state index in [9.17, 15) is 0 Å². The predicted octanol–water partition coefficient (Wildman–Crippen LogP) is 2.86. The number of hydrogen-bond acceptors (Lipinski definition) is 0. The summed E-state index contributed by atoms with van der Waals surface area (Å²) in [5, 5.41) is 1.47. The molecule has 1 atom stereocenters. The molecule has 0 aliphatic rings. The van der Waals surface area contributed by atoms with Gasteiger partial charge in [-0.05, 0) is 0 Å². The normalized spacial score (nSPS) is 8.10. The van der Waals surface area contributed by atoms with Crippen LogP contribution in [0.25, 0.3) is 0 Å². The third kappa shape index (κ3) is 31.5. The van der Waals surface area contributed by atoms with E-state index in [0.29, 0.717) is 15.2 Å². The first-order valence-corrected chi connectivity index (χ1v) is 5.20. The number of rotatable bonds is 2. The Kier molecular flexibility index (Phi) is 66.3. The van der Waals surface area contributed by atoms with Gasteiger partial charge in [0.05, 0.1) is 0 Å². The Labute approximate surface area is 106 Å². The van der Waals surface area contributed by atoms with Gasteiger partial charge < -0.3 is 0 Å². The van der Waals surface area contributed by atoms with Crippen LogP contribution in [0, 0.1) is 0 Å². The molecule has 0 aromatic rings. The van der Waals surface area contributed by atoms with Gasteiger partial charge in [-0.1, -0.05) is 0 Å². The molecule has 10 heavy (non-hydrogen) atoms. The van der Waals surface area contributed by atoms with Gasteiger partial charge in [0.2, 0.25) is 0 Å². The molecule has 1 unspecified atom stereocenters. The summed E-state index contributed by atoms with van der Waals surface area (Å²) in [6, 6.07) is 0.